The smallest absolute Gasteiger partial charge is 0.244 e. The number of piperazine rings is 1. The molecular weight excluding hydrogens is 405 g/mol. The van der Waals surface area contributed by atoms with Crippen molar-refractivity contribution in [3.63, 3.8) is 0 Å². The van der Waals surface area contributed by atoms with Crippen LogP contribution in [-0.2, 0) is 10.0 Å². The Morgan fingerprint density at radius 3 is 2.48 bits per heavy atom. The summed E-state index contributed by atoms with van der Waals surface area (Å²) in [6, 6.07) is 11.2. The molecule has 2 heterocycles. The standard InChI is InChI=1S/C19H19Cl2N3O2S/c1-13-11-19(16(21)12-15(13)20)27(25,26)24-9-7-23(8-10-24)18-4-2-3-17-14(18)5-6-22-17/h2-6,11-12,22H,7-10H2,1H3. The lowest BCUT2D eigenvalue weighted by atomic mass is 10.2. The van der Waals surface area contributed by atoms with Crippen LogP contribution in [0.4, 0.5) is 5.69 Å². The number of fused-ring (bicyclic) bond motifs is 1. The van der Waals surface area contributed by atoms with Crippen molar-refractivity contribution in [2.45, 2.75) is 11.8 Å². The maximum Gasteiger partial charge on any atom is 0.244 e. The van der Waals surface area contributed by atoms with Gasteiger partial charge in [-0.2, -0.15) is 4.31 Å². The van der Waals surface area contributed by atoms with Crippen LogP contribution in [0.2, 0.25) is 10.0 Å². The van der Waals surface area contributed by atoms with E-state index in [0.717, 1.165) is 16.6 Å². The second-order valence-corrected chi connectivity index (χ2v) is 9.36. The molecule has 0 spiro atoms. The summed E-state index contributed by atoms with van der Waals surface area (Å²) in [5.41, 5.74) is 2.88. The monoisotopic (exact) mass is 423 g/mol. The number of aryl methyl sites for hydroxylation is 1. The molecule has 142 valence electrons. The first-order valence-corrected chi connectivity index (χ1v) is 10.8. The van der Waals surface area contributed by atoms with Gasteiger partial charge in [0.05, 0.1) is 5.02 Å². The molecule has 0 bridgehead atoms. The molecule has 0 unspecified atom stereocenters. The van der Waals surface area contributed by atoms with Crippen molar-refractivity contribution in [3.8, 4) is 0 Å². The SMILES string of the molecule is Cc1cc(S(=O)(=O)N2CCN(c3cccc4[nH]ccc34)CC2)c(Cl)cc1Cl. The number of H-pyrrole nitrogens is 1. The molecule has 2 aromatic carbocycles. The van der Waals surface area contributed by atoms with E-state index in [1.165, 1.54) is 10.4 Å². The Bertz CT molecular complexity index is 1100. The first-order chi connectivity index (χ1) is 12.9. The summed E-state index contributed by atoms with van der Waals surface area (Å²) in [7, 11) is -3.66. The molecule has 27 heavy (non-hydrogen) atoms. The van der Waals surface area contributed by atoms with Crippen LogP contribution in [-0.4, -0.2) is 43.9 Å². The number of hydrogen-bond acceptors (Lipinski definition) is 3. The molecule has 1 N–H and O–H groups in total. The van der Waals surface area contributed by atoms with E-state index in [0.29, 0.717) is 36.8 Å². The number of aromatic nitrogens is 1. The number of nitrogens with zero attached hydrogens (tertiary/aromatic N) is 2. The van der Waals surface area contributed by atoms with Crippen molar-refractivity contribution < 1.29 is 8.42 Å². The van der Waals surface area contributed by atoms with Gasteiger partial charge in [0, 0.05) is 54.0 Å². The lowest BCUT2D eigenvalue weighted by Crippen LogP contribution is -2.48. The van der Waals surface area contributed by atoms with E-state index < -0.39 is 10.0 Å². The van der Waals surface area contributed by atoms with Crippen LogP contribution in [0.15, 0.2) is 47.5 Å². The van der Waals surface area contributed by atoms with E-state index in [-0.39, 0.29) is 9.92 Å². The normalized spacial score (nSPS) is 16.2. The van der Waals surface area contributed by atoms with Crippen molar-refractivity contribution in [1.82, 2.24) is 9.29 Å². The average Bonchev–Trinajstić information content (AvgIpc) is 3.13. The third-order valence-corrected chi connectivity index (χ3v) is 7.75. The molecule has 3 aromatic rings. The van der Waals surface area contributed by atoms with Crippen LogP contribution in [0.1, 0.15) is 5.56 Å². The quantitative estimate of drug-likeness (QED) is 0.683. The molecule has 0 aliphatic carbocycles. The number of aromatic amines is 1. The van der Waals surface area contributed by atoms with Crippen molar-refractivity contribution in [3.05, 3.63) is 58.2 Å². The highest BCUT2D eigenvalue weighted by Crippen LogP contribution is 2.32. The average molecular weight is 424 g/mol. The summed E-state index contributed by atoms with van der Waals surface area (Å²) in [5, 5.41) is 1.76. The highest BCUT2D eigenvalue weighted by Gasteiger charge is 2.31. The van der Waals surface area contributed by atoms with Crippen molar-refractivity contribution >= 4 is 49.8 Å². The summed E-state index contributed by atoms with van der Waals surface area (Å²) < 4.78 is 27.6. The highest BCUT2D eigenvalue weighted by molar-refractivity contribution is 7.89. The first kappa shape index (κ1) is 18.6. The van der Waals surface area contributed by atoms with E-state index in [4.69, 9.17) is 23.2 Å². The molecule has 1 aliphatic heterocycles. The van der Waals surface area contributed by atoms with Crippen LogP contribution in [0.25, 0.3) is 10.9 Å². The molecule has 1 aromatic heterocycles. The molecule has 1 fully saturated rings. The van der Waals surface area contributed by atoms with Gasteiger partial charge in [-0.3, -0.25) is 0 Å². The lowest BCUT2D eigenvalue weighted by Gasteiger charge is -2.35. The molecule has 5 nitrogen and oxygen atoms in total. The Kier molecular flexibility index (Phi) is 4.84. The van der Waals surface area contributed by atoms with E-state index >= 15 is 0 Å². The zero-order chi connectivity index (χ0) is 19.2. The van der Waals surface area contributed by atoms with Crippen molar-refractivity contribution in [1.29, 1.82) is 0 Å². The van der Waals surface area contributed by atoms with Gasteiger partial charge in [0.1, 0.15) is 4.90 Å². The topological polar surface area (TPSA) is 56.4 Å². The van der Waals surface area contributed by atoms with E-state index in [9.17, 15) is 8.42 Å². The van der Waals surface area contributed by atoms with Gasteiger partial charge in [-0.15, -0.1) is 0 Å². The fourth-order valence-electron chi connectivity index (χ4n) is 3.48. The summed E-state index contributed by atoms with van der Waals surface area (Å²) in [4.78, 5) is 5.55. The number of rotatable bonds is 3. The number of hydrogen-bond donors (Lipinski definition) is 1. The van der Waals surface area contributed by atoms with Gasteiger partial charge in [0.25, 0.3) is 0 Å². The fourth-order valence-corrected chi connectivity index (χ4v) is 5.71. The second kappa shape index (κ2) is 7.02. The van der Waals surface area contributed by atoms with Gasteiger partial charge >= 0.3 is 0 Å². The second-order valence-electron chi connectivity index (χ2n) is 6.64. The highest BCUT2D eigenvalue weighted by atomic mass is 35.5. The molecular formula is C19H19Cl2N3O2S. The first-order valence-electron chi connectivity index (χ1n) is 8.65. The lowest BCUT2D eigenvalue weighted by molar-refractivity contribution is 0.385. The Hall–Kier alpha value is -1.73. The molecule has 1 saturated heterocycles. The van der Waals surface area contributed by atoms with Crippen LogP contribution in [0.5, 0.6) is 0 Å². The third-order valence-electron chi connectivity index (χ3n) is 4.98. The van der Waals surface area contributed by atoms with Gasteiger partial charge < -0.3 is 9.88 Å². The minimum atomic E-state index is -3.66. The molecule has 8 heteroatoms. The number of nitrogens with one attached hydrogen (secondary N) is 1. The zero-order valence-corrected chi connectivity index (χ0v) is 17.1. The zero-order valence-electron chi connectivity index (χ0n) is 14.7. The molecule has 4 rings (SSSR count). The van der Waals surface area contributed by atoms with Crippen LogP contribution >= 0.6 is 23.2 Å². The van der Waals surface area contributed by atoms with E-state index in [1.807, 2.05) is 24.4 Å². The van der Waals surface area contributed by atoms with E-state index in [2.05, 4.69) is 16.0 Å². The molecule has 0 saturated carbocycles. The number of benzene rings is 2. The molecule has 0 radical (unpaired) electrons. The van der Waals surface area contributed by atoms with Crippen molar-refractivity contribution in [2.24, 2.45) is 0 Å². The molecule has 0 amide bonds. The fraction of sp³-hybridized carbons (Fsp3) is 0.263. The van der Waals surface area contributed by atoms with Gasteiger partial charge in [-0.05, 0) is 42.8 Å². The van der Waals surface area contributed by atoms with E-state index in [1.54, 1.807) is 13.0 Å². The van der Waals surface area contributed by atoms with Gasteiger partial charge in [-0.25, -0.2) is 8.42 Å². The predicted molar refractivity (Wildman–Crippen MR) is 110 cm³/mol. The maximum absolute atomic E-state index is 13.1. The minimum absolute atomic E-state index is 0.118. The Morgan fingerprint density at radius 1 is 1.00 bits per heavy atom. The third kappa shape index (κ3) is 3.31. The number of halogens is 2. The summed E-state index contributed by atoms with van der Waals surface area (Å²) in [6.45, 7) is 3.82. The molecule has 1 aliphatic rings. The Balaban J connectivity index is 1.57. The number of sulfonamides is 1. The number of anilines is 1. The minimum Gasteiger partial charge on any atom is -0.368 e. The Labute approximate surface area is 168 Å². The molecule has 0 atom stereocenters. The van der Waals surface area contributed by atoms with Crippen LogP contribution in [0, 0.1) is 6.92 Å². The van der Waals surface area contributed by atoms with Gasteiger partial charge in [0.15, 0.2) is 0 Å². The van der Waals surface area contributed by atoms with Gasteiger partial charge in [-0.1, -0.05) is 29.3 Å². The van der Waals surface area contributed by atoms with Gasteiger partial charge in [0.2, 0.25) is 10.0 Å². The Morgan fingerprint density at radius 2 is 1.74 bits per heavy atom. The van der Waals surface area contributed by atoms with Crippen LogP contribution < -0.4 is 4.90 Å². The summed E-state index contributed by atoms with van der Waals surface area (Å²) in [5.74, 6) is 0. The largest absolute Gasteiger partial charge is 0.368 e. The predicted octanol–water partition coefficient (Wildman–Crippen LogP) is 4.29. The maximum atomic E-state index is 13.1. The summed E-state index contributed by atoms with van der Waals surface area (Å²) in [6.07, 6.45) is 1.92. The van der Waals surface area contributed by atoms with Crippen LogP contribution in [0.3, 0.4) is 0 Å². The summed E-state index contributed by atoms with van der Waals surface area (Å²) >= 11 is 12.2. The van der Waals surface area contributed by atoms with Crippen molar-refractivity contribution in [2.75, 3.05) is 31.1 Å².